The molecule has 0 unspecified atom stereocenters. The van der Waals surface area contributed by atoms with Crippen molar-refractivity contribution < 1.29 is 9.47 Å². The molecule has 2 heterocycles. The van der Waals surface area contributed by atoms with Gasteiger partial charge in [0.05, 0.1) is 13.2 Å². The number of hydrogen-bond acceptors (Lipinski definition) is 2. The molecular formula is C25H27NO2. The molecule has 3 nitrogen and oxygen atoms in total. The van der Waals surface area contributed by atoms with Crippen LogP contribution in [0.2, 0.25) is 0 Å². The van der Waals surface area contributed by atoms with Gasteiger partial charge in [-0.15, -0.1) is 0 Å². The Hall–Kier alpha value is -2.68. The van der Waals surface area contributed by atoms with Crippen LogP contribution in [0, 0.1) is 0 Å². The Morgan fingerprint density at radius 3 is 2.64 bits per heavy atom. The molecular weight excluding hydrogens is 346 g/mol. The Bertz CT molecular complexity index is 934. The fraction of sp³-hybridized carbons (Fsp3) is 0.360. The summed E-state index contributed by atoms with van der Waals surface area (Å²) in [7, 11) is 0. The van der Waals surface area contributed by atoms with Crippen LogP contribution < -0.4 is 9.47 Å². The van der Waals surface area contributed by atoms with Gasteiger partial charge in [-0.3, -0.25) is 0 Å². The molecule has 0 amide bonds. The van der Waals surface area contributed by atoms with Crippen LogP contribution in [-0.4, -0.2) is 18.2 Å². The van der Waals surface area contributed by atoms with E-state index in [1.165, 1.54) is 27.9 Å². The first-order valence-electron chi connectivity index (χ1n) is 10.5. The van der Waals surface area contributed by atoms with Gasteiger partial charge in [0.1, 0.15) is 0 Å². The van der Waals surface area contributed by atoms with Gasteiger partial charge in [-0.25, -0.2) is 0 Å². The highest BCUT2D eigenvalue weighted by molar-refractivity contribution is 5.47. The van der Waals surface area contributed by atoms with Gasteiger partial charge in [-0.05, 0) is 78.8 Å². The molecule has 3 heteroatoms. The quantitative estimate of drug-likeness (QED) is 0.600. The van der Waals surface area contributed by atoms with Crippen LogP contribution in [0.3, 0.4) is 0 Å². The zero-order valence-electron chi connectivity index (χ0n) is 16.2. The van der Waals surface area contributed by atoms with E-state index in [1.807, 2.05) is 6.07 Å². The minimum absolute atomic E-state index is 0.606. The van der Waals surface area contributed by atoms with Crippen molar-refractivity contribution in [1.82, 2.24) is 4.98 Å². The van der Waals surface area contributed by atoms with Crippen molar-refractivity contribution in [2.24, 2.45) is 0 Å². The van der Waals surface area contributed by atoms with Gasteiger partial charge in [-0.2, -0.15) is 0 Å². The number of nitrogens with one attached hydrogen (secondary N) is 1. The summed E-state index contributed by atoms with van der Waals surface area (Å²) in [6.45, 7) is 1.51. The maximum absolute atomic E-state index is 6.08. The van der Waals surface area contributed by atoms with Gasteiger partial charge in [-0.1, -0.05) is 36.4 Å². The standard InChI is InChI=1S/C25H27NO2/c1-2-7-20-17-21(16-19(20)6-1)22-12-13-26-23(22)10-5-14-27-24-11-3-8-18-9-4-15-28-25(18)24/h1-3,6-8,11-13,21,26H,4-5,9-10,14-17H2. The predicted molar refractivity (Wildman–Crippen MR) is 111 cm³/mol. The third-order valence-corrected chi connectivity index (χ3v) is 6.09. The lowest BCUT2D eigenvalue weighted by Crippen LogP contribution is -2.10. The number of rotatable bonds is 6. The average molecular weight is 373 g/mol. The van der Waals surface area contributed by atoms with Gasteiger partial charge in [0.2, 0.25) is 0 Å². The van der Waals surface area contributed by atoms with E-state index in [9.17, 15) is 0 Å². The fourth-order valence-electron chi connectivity index (χ4n) is 4.70. The number of benzene rings is 2. The molecule has 1 aliphatic carbocycles. The SMILES string of the molecule is c1ccc2c(c1)CC(c1cc[nH]c1CCCOc1cccc3c1OCCC3)C2. The molecule has 3 aromatic rings. The predicted octanol–water partition coefficient (Wildman–Crippen LogP) is 5.23. The third kappa shape index (κ3) is 3.42. The number of ether oxygens (including phenoxy) is 2. The summed E-state index contributed by atoms with van der Waals surface area (Å²) < 4.78 is 11.9. The van der Waals surface area contributed by atoms with Crippen molar-refractivity contribution in [3.63, 3.8) is 0 Å². The highest BCUT2D eigenvalue weighted by Gasteiger charge is 2.24. The van der Waals surface area contributed by atoms with E-state index in [0.717, 1.165) is 56.6 Å². The molecule has 5 rings (SSSR count). The molecule has 0 bridgehead atoms. The number of fused-ring (bicyclic) bond motifs is 2. The number of aromatic amines is 1. The molecule has 2 aliphatic rings. The van der Waals surface area contributed by atoms with Crippen LogP contribution in [-0.2, 0) is 25.7 Å². The molecule has 28 heavy (non-hydrogen) atoms. The van der Waals surface area contributed by atoms with Crippen molar-refractivity contribution in [2.45, 2.75) is 44.4 Å². The molecule has 1 aliphatic heterocycles. The Balaban J connectivity index is 1.19. The number of hydrogen-bond donors (Lipinski definition) is 1. The van der Waals surface area contributed by atoms with Gasteiger partial charge in [0.15, 0.2) is 11.5 Å². The summed E-state index contributed by atoms with van der Waals surface area (Å²) >= 11 is 0. The summed E-state index contributed by atoms with van der Waals surface area (Å²) in [4.78, 5) is 3.48. The molecule has 1 N–H and O–H groups in total. The minimum atomic E-state index is 0.606. The Labute approximate surface area is 166 Å². The summed E-state index contributed by atoms with van der Waals surface area (Å²) in [6, 6.07) is 17.4. The monoisotopic (exact) mass is 373 g/mol. The lowest BCUT2D eigenvalue weighted by molar-refractivity contribution is 0.249. The number of para-hydroxylation sites is 1. The van der Waals surface area contributed by atoms with Gasteiger partial charge in [0, 0.05) is 11.9 Å². The van der Waals surface area contributed by atoms with Crippen LogP contribution in [0.4, 0.5) is 0 Å². The van der Waals surface area contributed by atoms with Crippen molar-refractivity contribution in [3.05, 3.63) is 82.7 Å². The van der Waals surface area contributed by atoms with E-state index >= 15 is 0 Å². The fourth-order valence-corrected chi connectivity index (χ4v) is 4.70. The second-order valence-corrected chi connectivity index (χ2v) is 7.93. The van der Waals surface area contributed by atoms with Crippen LogP contribution in [0.1, 0.15) is 46.7 Å². The van der Waals surface area contributed by atoms with Crippen LogP contribution in [0.5, 0.6) is 11.5 Å². The van der Waals surface area contributed by atoms with Crippen LogP contribution >= 0.6 is 0 Å². The number of aryl methyl sites for hydroxylation is 2. The Morgan fingerprint density at radius 1 is 0.964 bits per heavy atom. The molecule has 0 spiro atoms. The molecule has 0 fully saturated rings. The second-order valence-electron chi connectivity index (χ2n) is 7.93. The molecule has 0 radical (unpaired) electrons. The maximum Gasteiger partial charge on any atom is 0.164 e. The summed E-state index contributed by atoms with van der Waals surface area (Å²) in [6.07, 6.45) is 8.60. The minimum Gasteiger partial charge on any atom is -0.490 e. The Kier molecular flexibility index (Phi) is 4.82. The van der Waals surface area contributed by atoms with Crippen LogP contribution in [0.15, 0.2) is 54.7 Å². The van der Waals surface area contributed by atoms with Crippen molar-refractivity contribution >= 4 is 0 Å². The first-order chi connectivity index (χ1) is 13.9. The number of aromatic nitrogens is 1. The normalized spacial score (nSPS) is 15.7. The van der Waals surface area contributed by atoms with E-state index in [4.69, 9.17) is 9.47 Å². The van der Waals surface area contributed by atoms with E-state index in [1.54, 1.807) is 0 Å². The molecule has 144 valence electrons. The molecule has 0 saturated carbocycles. The largest absolute Gasteiger partial charge is 0.490 e. The topological polar surface area (TPSA) is 34.2 Å². The second kappa shape index (κ2) is 7.75. The average Bonchev–Trinajstić information content (AvgIpc) is 3.37. The van der Waals surface area contributed by atoms with Crippen molar-refractivity contribution in [1.29, 1.82) is 0 Å². The van der Waals surface area contributed by atoms with E-state index in [0.29, 0.717) is 12.5 Å². The summed E-state index contributed by atoms with van der Waals surface area (Å²) in [5.41, 5.74) is 7.15. The van der Waals surface area contributed by atoms with E-state index in [-0.39, 0.29) is 0 Å². The Morgan fingerprint density at radius 2 is 1.79 bits per heavy atom. The molecule has 0 atom stereocenters. The van der Waals surface area contributed by atoms with E-state index in [2.05, 4.69) is 53.6 Å². The first-order valence-corrected chi connectivity index (χ1v) is 10.5. The van der Waals surface area contributed by atoms with Gasteiger partial charge >= 0.3 is 0 Å². The van der Waals surface area contributed by atoms with Crippen LogP contribution in [0.25, 0.3) is 0 Å². The lowest BCUT2D eigenvalue weighted by Gasteiger charge is -2.20. The lowest BCUT2D eigenvalue weighted by atomic mass is 9.95. The molecule has 2 aromatic carbocycles. The van der Waals surface area contributed by atoms with Gasteiger partial charge in [0.25, 0.3) is 0 Å². The van der Waals surface area contributed by atoms with E-state index < -0.39 is 0 Å². The zero-order chi connectivity index (χ0) is 18.8. The zero-order valence-corrected chi connectivity index (χ0v) is 16.2. The smallest absolute Gasteiger partial charge is 0.164 e. The van der Waals surface area contributed by atoms with Gasteiger partial charge < -0.3 is 14.5 Å². The highest BCUT2D eigenvalue weighted by Crippen LogP contribution is 2.36. The third-order valence-electron chi connectivity index (χ3n) is 6.09. The summed E-state index contributed by atoms with van der Waals surface area (Å²) in [5.74, 6) is 2.46. The first kappa shape index (κ1) is 17.4. The summed E-state index contributed by atoms with van der Waals surface area (Å²) in [5, 5.41) is 0. The maximum atomic E-state index is 6.08. The molecule has 0 saturated heterocycles. The van der Waals surface area contributed by atoms with Crippen molar-refractivity contribution in [3.8, 4) is 11.5 Å². The molecule has 1 aromatic heterocycles. The highest BCUT2D eigenvalue weighted by atomic mass is 16.5. The van der Waals surface area contributed by atoms with Crippen molar-refractivity contribution in [2.75, 3.05) is 13.2 Å². The number of H-pyrrole nitrogens is 1.